The average molecular weight is 408 g/mol. The van der Waals surface area contributed by atoms with E-state index in [0.29, 0.717) is 13.1 Å². The van der Waals surface area contributed by atoms with Gasteiger partial charge in [0, 0.05) is 36.6 Å². The summed E-state index contributed by atoms with van der Waals surface area (Å²) < 4.78 is 0. The molecule has 0 radical (unpaired) electrons. The van der Waals surface area contributed by atoms with E-state index in [0.717, 1.165) is 22.5 Å². The average Bonchev–Trinajstić information content (AvgIpc) is 2.80. The van der Waals surface area contributed by atoms with Crippen LogP contribution in [0.4, 0.5) is 0 Å². The van der Waals surface area contributed by atoms with Crippen molar-refractivity contribution in [3.05, 3.63) is 108 Å². The fourth-order valence-corrected chi connectivity index (χ4v) is 3.51. The van der Waals surface area contributed by atoms with Gasteiger partial charge < -0.3 is 5.32 Å². The summed E-state index contributed by atoms with van der Waals surface area (Å²) in [6, 6.07) is 27.5. The minimum absolute atomic E-state index is 0.170. The molecule has 4 aromatic rings. The molecular weight excluding hydrogens is 378 g/mol. The van der Waals surface area contributed by atoms with Crippen molar-refractivity contribution in [3.8, 4) is 22.3 Å². The predicted octanol–water partition coefficient (Wildman–Crippen LogP) is 6.40. The minimum Gasteiger partial charge on any atom is -0.306 e. The summed E-state index contributed by atoms with van der Waals surface area (Å²) >= 11 is 0. The monoisotopic (exact) mass is 407 g/mol. The van der Waals surface area contributed by atoms with E-state index in [4.69, 9.17) is 0 Å². The number of hydrogen-bond donors (Lipinski definition) is 1. The first-order valence-corrected chi connectivity index (χ1v) is 10.8. The van der Waals surface area contributed by atoms with Crippen molar-refractivity contribution >= 4 is 0 Å². The van der Waals surface area contributed by atoms with Gasteiger partial charge in [0.25, 0.3) is 0 Å². The van der Waals surface area contributed by atoms with Gasteiger partial charge in [0.2, 0.25) is 0 Å². The molecule has 0 atom stereocenters. The molecule has 0 bridgehead atoms. The number of nitrogens with one attached hydrogen (secondary N) is 1. The standard InChI is InChI=1S/C28H29N3/c1-28(2,3)25-13-9-22(10-14-25)24-12-16-27(31-18-24)20-29-19-26-15-11-23(17-30-26)21-7-5-4-6-8-21/h4-18,29H,19-20H2,1-3H3. The van der Waals surface area contributed by atoms with Gasteiger partial charge in [-0.3, -0.25) is 9.97 Å². The van der Waals surface area contributed by atoms with Crippen LogP contribution in [0, 0.1) is 0 Å². The second kappa shape index (κ2) is 9.23. The quantitative estimate of drug-likeness (QED) is 0.402. The minimum atomic E-state index is 0.170. The highest BCUT2D eigenvalue weighted by Gasteiger charge is 2.13. The van der Waals surface area contributed by atoms with Gasteiger partial charge in [-0.1, -0.05) is 87.5 Å². The zero-order chi connectivity index (χ0) is 21.7. The lowest BCUT2D eigenvalue weighted by Crippen LogP contribution is -2.14. The summed E-state index contributed by atoms with van der Waals surface area (Å²) in [7, 11) is 0. The Morgan fingerprint density at radius 1 is 0.581 bits per heavy atom. The van der Waals surface area contributed by atoms with E-state index in [1.54, 1.807) is 0 Å². The topological polar surface area (TPSA) is 37.8 Å². The van der Waals surface area contributed by atoms with E-state index in [1.165, 1.54) is 16.7 Å². The van der Waals surface area contributed by atoms with E-state index < -0.39 is 0 Å². The number of hydrogen-bond acceptors (Lipinski definition) is 3. The van der Waals surface area contributed by atoms with Gasteiger partial charge in [-0.15, -0.1) is 0 Å². The molecule has 0 aliphatic carbocycles. The molecule has 31 heavy (non-hydrogen) atoms. The van der Waals surface area contributed by atoms with Crippen molar-refractivity contribution in [1.82, 2.24) is 15.3 Å². The zero-order valence-electron chi connectivity index (χ0n) is 18.5. The van der Waals surface area contributed by atoms with Crippen LogP contribution in [0.3, 0.4) is 0 Å². The van der Waals surface area contributed by atoms with Crippen LogP contribution in [0.15, 0.2) is 91.3 Å². The van der Waals surface area contributed by atoms with Crippen molar-refractivity contribution in [2.75, 3.05) is 0 Å². The summed E-state index contributed by atoms with van der Waals surface area (Å²) in [5.41, 5.74) is 8.22. The Balaban J connectivity index is 1.31. The molecule has 0 aliphatic rings. The van der Waals surface area contributed by atoms with Gasteiger partial charge in [0.05, 0.1) is 11.4 Å². The lowest BCUT2D eigenvalue weighted by Gasteiger charge is -2.19. The molecule has 156 valence electrons. The Hall–Kier alpha value is -3.30. The molecule has 3 nitrogen and oxygen atoms in total. The van der Waals surface area contributed by atoms with Gasteiger partial charge >= 0.3 is 0 Å². The highest BCUT2D eigenvalue weighted by Crippen LogP contribution is 2.26. The number of aromatic nitrogens is 2. The molecule has 0 fully saturated rings. The van der Waals surface area contributed by atoms with E-state index in [9.17, 15) is 0 Å². The van der Waals surface area contributed by atoms with Crippen LogP contribution in [0.2, 0.25) is 0 Å². The lowest BCUT2D eigenvalue weighted by molar-refractivity contribution is 0.590. The molecule has 4 rings (SSSR count). The first-order valence-electron chi connectivity index (χ1n) is 10.8. The molecule has 2 heterocycles. The van der Waals surface area contributed by atoms with Gasteiger partial charge in [0.15, 0.2) is 0 Å². The number of pyridine rings is 2. The Bertz CT molecular complexity index is 1090. The number of rotatable bonds is 6. The van der Waals surface area contributed by atoms with Crippen LogP contribution in [0.25, 0.3) is 22.3 Å². The third-order valence-corrected chi connectivity index (χ3v) is 5.45. The molecule has 2 aromatic carbocycles. The lowest BCUT2D eigenvalue weighted by atomic mass is 9.86. The molecule has 0 unspecified atom stereocenters. The van der Waals surface area contributed by atoms with Crippen molar-refractivity contribution in [2.24, 2.45) is 0 Å². The van der Waals surface area contributed by atoms with E-state index in [1.807, 2.05) is 30.6 Å². The summed E-state index contributed by atoms with van der Waals surface area (Å²) in [6.07, 6.45) is 3.89. The second-order valence-corrected chi connectivity index (χ2v) is 8.87. The first-order chi connectivity index (χ1) is 15.0. The molecule has 1 N–H and O–H groups in total. The molecular formula is C28H29N3. The van der Waals surface area contributed by atoms with Crippen molar-refractivity contribution in [2.45, 2.75) is 39.3 Å². The molecule has 0 amide bonds. The van der Waals surface area contributed by atoms with Crippen LogP contribution < -0.4 is 5.32 Å². The highest BCUT2D eigenvalue weighted by atomic mass is 14.9. The summed E-state index contributed by atoms with van der Waals surface area (Å²) in [6.45, 7) is 8.13. The maximum Gasteiger partial charge on any atom is 0.0542 e. The van der Waals surface area contributed by atoms with Crippen molar-refractivity contribution in [3.63, 3.8) is 0 Å². The van der Waals surface area contributed by atoms with Gasteiger partial charge in [-0.25, -0.2) is 0 Å². The maximum absolute atomic E-state index is 4.63. The maximum atomic E-state index is 4.63. The smallest absolute Gasteiger partial charge is 0.0542 e. The van der Waals surface area contributed by atoms with Crippen LogP contribution in [-0.2, 0) is 18.5 Å². The zero-order valence-corrected chi connectivity index (χ0v) is 18.5. The third kappa shape index (κ3) is 5.44. The van der Waals surface area contributed by atoms with Gasteiger partial charge in [-0.05, 0) is 34.2 Å². The Morgan fingerprint density at radius 2 is 1.06 bits per heavy atom. The second-order valence-electron chi connectivity index (χ2n) is 8.87. The first kappa shape index (κ1) is 21.0. The molecule has 2 aromatic heterocycles. The van der Waals surface area contributed by atoms with Crippen LogP contribution >= 0.6 is 0 Å². The fourth-order valence-electron chi connectivity index (χ4n) is 3.51. The van der Waals surface area contributed by atoms with E-state index >= 15 is 0 Å². The van der Waals surface area contributed by atoms with Crippen molar-refractivity contribution in [1.29, 1.82) is 0 Å². The normalized spacial score (nSPS) is 11.5. The summed E-state index contributed by atoms with van der Waals surface area (Å²) in [5, 5.41) is 3.44. The number of benzene rings is 2. The fraction of sp³-hybridized carbons (Fsp3) is 0.214. The van der Waals surface area contributed by atoms with Gasteiger partial charge in [-0.2, -0.15) is 0 Å². The molecule has 3 heteroatoms. The highest BCUT2D eigenvalue weighted by molar-refractivity contribution is 5.63. The predicted molar refractivity (Wildman–Crippen MR) is 129 cm³/mol. The van der Waals surface area contributed by atoms with Crippen molar-refractivity contribution < 1.29 is 0 Å². The SMILES string of the molecule is CC(C)(C)c1ccc(-c2ccc(CNCc3ccc(-c4ccccc4)cn3)nc2)cc1. The number of nitrogens with zero attached hydrogens (tertiary/aromatic N) is 2. The Labute approximate surface area is 185 Å². The third-order valence-electron chi connectivity index (χ3n) is 5.45. The molecule has 0 saturated carbocycles. The van der Waals surface area contributed by atoms with E-state index in [-0.39, 0.29) is 5.41 Å². The molecule has 0 saturated heterocycles. The summed E-state index contributed by atoms with van der Waals surface area (Å²) in [4.78, 5) is 9.21. The van der Waals surface area contributed by atoms with Crippen LogP contribution in [-0.4, -0.2) is 9.97 Å². The van der Waals surface area contributed by atoms with Gasteiger partial charge in [0.1, 0.15) is 0 Å². The summed E-state index contributed by atoms with van der Waals surface area (Å²) in [5.74, 6) is 0. The largest absolute Gasteiger partial charge is 0.306 e. The molecule has 0 spiro atoms. The van der Waals surface area contributed by atoms with Crippen LogP contribution in [0.1, 0.15) is 37.7 Å². The molecule has 0 aliphatic heterocycles. The van der Waals surface area contributed by atoms with E-state index in [2.05, 4.69) is 96.7 Å². The Kier molecular flexibility index (Phi) is 6.24. The van der Waals surface area contributed by atoms with Crippen LogP contribution in [0.5, 0.6) is 0 Å². The Morgan fingerprint density at radius 3 is 1.52 bits per heavy atom.